The highest BCUT2D eigenvalue weighted by molar-refractivity contribution is 5.68. The molecule has 1 atom stereocenters. The average Bonchev–Trinajstić information content (AvgIpc) is 2.32. The molecule has 0 spiro atoms. The second-order valence-electron chi connectivity index (χ2n) is 5.36. The van der Waals surface area contributed by atoms with Crippen molar-refractivity contribution in [2.75, 3.05) is 30.3 Å². The van der Waals surface area contributed by atoms with Crippen LogP contribution in [-0.4, -0.2) is 36.5 Å². The van der Waals surface area contributed by atoms with Crippen LogP contribution in [0.4, 0.5) is 20.2 Å². The van der Waals surface area contributed by atoms with Crippen molar-refractivity contribution in [3.63, 3.8) is 0 Å². The van der Waals surface area contributed by atoms with Crippen molar-refractivity contribution in [3.8, 4) is 0 Å². The number of nitrogen functional groups attached to an aromatic ring is 1. The molecule has 0 bridgehead atoms. The summed E-state index contributed by atoms with van der Waals surface area (Å²) in [4.78, 5) is 1.62. The zero-order valence-electron chi connectivity index (χ0n) is 11.0. The molecule has 1 aromatic carbocycles. The normalized spacial score (nSPS) is 22.6. The third kappa shape index (κ3) is 2.79. The van der Waals surface area contributed by atoms with Crippen LogP contribution in [0, 0.1) is 11.6 Å². The number of halogens is 2. The quantitative estimate of drug-likeness (QED) is 0.801. The predicted octanol–water partition coefficient (Wildman–Crippen LogP) is 1.52. The van der Waals surface area contributed by atoms with Crippen molar-refractivity contribution in [2.24, 2.45) is 0 Å². The summed E-state index contributed by atoms with van der Waals surface area (Å²) in [5.41, 5.74) is 5.38. The van der Waals surface area contributed by atoms with Gasteiger partial charge in [-0.3, -0.25) is 0 Å². The predicted molar refractivity (Wildman–Crippen MR) is 69.0 cm³/mol. The minimum absolute atomic E-state index is 0.0369. The Bertz CT molecular complexity index is 480. The molecule has 1 aliphatic heterocycles. The first-order chi connectivity index (χ1) is 8.84. The van der Waals surface area contributed by atoms with E-state index >= 15 is 0 Å². The number of rotatable bonds is 2. The molecule has 3 N–H and O–H groups in total. The van der Waals surface area contributed by atoms with Gasteiger partial charge in [0.25, 0.3) is 0 Å². The average molecular weight is 272 g/mol. The van der Waals surface area contributed by atoms with Crippen LogP contribution < -0.4 is 10.6 Å². The maximum Gasteiger partial charge on any atom is 0.184 e. The molecule has 0 aromatic heterocycles. The molecule has 0 aliphatic carbocycles. The van der Waals surface area contributed by atoms with Crippen molar-refractivity contribution in [1.29, 1.82) is 0 Å². The first-order valence-corrected chi connectivity index (χ1v) is 6.11. The van der Waals surface area contributed by atoms with E-state index in [0.717, 1.165) is 6.07 Å². The van der Waals surface area contributed by atoms with Gasteiger partial charge in [0.05, 0.1) is 29.7 Å². The lowest BCUT2D eigenvalue weighted by atomic mass is 10.0. The lowest BCUT2D eigenvalue weighted by molar-refractivity contribution is -0.101. The number of hydrogen-bond donors (Lipinski definition) is 2. The van der Waals surface area contributed by atoms with Crippen LogP contribution in [0.2, 0.25) is 0 Å². The largest absolute Gasteiger partial charge is 0.397 e. The van der Waals surface area contributed by atoms with Crippen molar-refractivity contribution < 1.29 is 18.6 Å². The molecular weight excluding hydrogens is 254 g/mol. The minimum Gasteiger partial charge on any atom is -0.397 e. The molecule has 0 radical (unpaired) electrons. The smallest absolute Gasteiger partial charge is 0.184 e. The van der Waals surface area contributed by atoms with Crippen molar-refractivity contribution >= 4 is 11.4 Å². The Morgan fingerprint density at radius 3 is 2.79 bits per heavy atom. The number of nitrogens with zero attached hydrogens (tertiary/aromatic N) is 1. The molecule has 0 saturated carbocycles. The van der Waals surface area contributed by atoms with E-state index in [9.17, 15) is 13.9 Å². The van der Waals surface area contributed by atoms with E-state index < -0.39 is 23.3 Å². The molecule has 19 heavy (non-hydrogen) atoms. The molecule has 4 nitrogen and oxygen atoms in total. The summed E-state index contributed by atoms with van der Waals surface area (Å²) in [6.45, 7) is 4.11. The van der Waals surface area contributed by atoms with Gasteiger partial charge >= 0.3 is 0 Å². The lowest BCUT2D eigenvalue weighted by Gasteiger charge is -2.43. The van der Waals surface area contributed by atoms with Gasteiger partial charge in [0, 0.05) is 13.1 Å². The standard InChI is InChI=1S/C13H18F2N2O2/c1-13(2)7-17(5-8(6-18)19-13)12-10(16)4-3-9(14)11(12)15/h3-4,8,18H,5-7,16H2,1-2H3. The molecule has 1 unspecified atom stereocenters. The molecule has 1 fully saturated rings. The number of aliphatic hydroxyl groups is 1. The first kappa shape index (κ1) is 14.0. The fourth-order valence-corrected chi connectivity index (χ4v) is 2.44. The van der Waals surface area contributed by atoms with Gasteiger partial charge in [0.15, 0.2) is 11.6 Å². The SMILES string of the molecule is CC1(C)CN(c2c(N)ccc(F)c2F)CC(CO)O1. The number of hydrogen-bond acceptors (Lipinski definition) is 4. The van der Waals surface area contributed by atoms with Crippen LogP contribution >= 0.6 is 0 Å². The molecule has 1 heterocycles. The van der Waals surface area contributed by atoms with E-state index in [1.807, 2.05) is 13.8 Å². The maximum atomic E-state index is 13.9. The molecule has 6 heteroatoms. The molecule has 1 saturated heterocycles. The lowest BCUT2D eigenvalue weighted by Crippen LogP contribution is -2.54. The van der Waals surface area contributed by atoms with Gasteiger partial charge in [-0.2, -0.15) is 0 Å². The fraction of sp³-hybridized carbons (Fsp3) is 0.538. The van der Waals surface area contributed by atoms with Gasteiger partial charge in [0.1, 0.15) is 0 Å². The molecule has 2 rings (SSSR count). The molecule has 1 aliphatic rings. The van der Waals surface area contributed by atoms with E-state index in [0.29, 0.717) is 6.54 Å². The Kier molecular flexibility index (Phi) is 3.64. The molecular formula is C13H18F2N2O2. The number of nitrogens with two attached hydrogens (primary N) is 1. The number of anilines is 2. The van der Waals surface area contributed by atoms with E-state index in [4.69, 9.17) is 10.5 Å². The first-order valence-electron chi connectivity index (χ1n) is 6.11. The Morgan fingerprint density at radius 2 is 2.16 bits per heavy atom. The Balaban J connectivity index is 2.38. The number of aliphatic hydroxyl groups excluding tert-OH is 1. The third-order valence-corrected chi connectivity index (χ3v) is 3.10. The van der Waals surface area contributed by atoms with Crippen LogP contribution in [0.5, 0.6) is 0 Å². The third-order valence-electron chi connectivity index (χ3n) is 3.10. The summed E-state index contributed by atoms with van der Waals surface area (Å²) >= 11 is 0. The van der Waals surface area contributed by atoms with Crippen LogP contribution in [0.1, 0.15) is 13.8 Å². The highest BCUT2D eigenvalue weighted by Gasteiger charge is 2.35. The topological polar surface area (TPSA) is 58.7 Å². The van der Waals surface area contributed by atoms with Crippen LogP contribution in [0.25, 0.3) is 0 Å². The molecule has 1 aromatic rings. The summed E-state index contributed by atoms with van der Waals surface area (Å²) in [7, 11) is 0. The number of benzene rings is 1. The van der Waals surface area contributed by atoms with Crippen LogP contribution in [0.15, 0.2) is 12.1 Å². The Hall–Kier alpha value is -1.40. The molecule has 106 valence electrons. The zero-order valence-corrected chi connectivity index (χ0v) is 11.0. The number of morpholine rings is 1. The summed E-state index contributed by atoms with van der Waals surface area (Å²) in [5.74, 6) is -1.90. The van der Waals surface area contributed by atoms with Gasteiger partial charge < -0.3 is 20.5 Å². The van der Waals surface area contributed by atoms with Crippen molar-refractivity contribution in [3.05, 3.63) is 23.8 Å². The Morgan fingerprint density at radius 1 is 1.47 bits per heavy atom. The molecule has 0 amide bonds. The van der Waals surface area contributed by atoms with E-state index in [-0.39, 0.29) is 24.5 Å². The van der Waals surface area contributed by atoms with Gasteiger partial charge in [-0.05, 0) is 26.0 Å². The van der Waals surface area contributed by atoms with Crippen molar-refractivity contribution in [2.45, 2.75) is 25.6 Å². The van der Waals surface area contributed by atoms with Crippen LogP contribution in [0.3, 0.4) is 0 Å². The van der Waals surface area contributed by atoms with E-state index in [2.05, 4.69) is 0 Å². The second kappa shape index (κ2) is 4.94. The highest BCUT2D eigenvalue weighted by Crippen LogP contribution is 2.33. The maximum absolute atomic E-state index is 13.9. The minimum atomic E-state index is -0.964. The Labute approximate surface area is 110 Å². The van der Waals surface area contributed by atoms with Crippen LogP contribution in [-0.2, 0) is 4.74 Å². The fourth-order valence-electron chi connectivity index (χ4n) is 2.44. The monoisotopic (exact) mass is 272 g/mol. The van der Waals surface area contributed by atoms with Crippen molar-refractivity contribution in [1.82, 2.24) is 0 Å². The van der Waals surface area contributed by atoms with Gasteiger partial charge in [-0.15, -0.1) is 0 Å². The van der Waals surface area contributed by atoms with E-state index in [1.165, 1.54) is 6.07 Å². The summed E-state index contributed by atoms with van der Waals surface area (Å²) in [5, 5.41) is 9.23. The zero-order chi connectivity index (χ0) is 14.2. The van der Waals surface area contributed by atoms with Gasteiger partial charge in [-0.25, -0.2) is 8.78 Å². The second-order valence-corrected chi connectivity index (χ2v) is 5.36. The highest BCUT2D eigenvalue weighted by atomic mass is 19.2. The van der Waals surface area contributed by atoms with E-state index in [1.54, 1.807) is 4.90 Å². The van der Waals surface area contributed by atoms with Gasteiger partial charge in [0.2, 0.25) is 0 Å². The summed E-state index contributed by atoms with van der Waals surface area (Å²) < 4.78 is 32.9. The summed E-state index contributed by atoms with van der Waals surface area (Å²) in [6.07, 6.45) is -0.453. The summed E-state index contributed by atoms with van der Waals surface area (Å²) in [6, 6.07) is 2.34. The number of ether oxygens (including phenoxy) is 1. The van der Waals surface area contributed by atoms with Gasteiger partial charge in [-0.1, -0.05) is 0 Å².